The minimum absolute atomic E-state index is 0.570. The molecule has 1 aromatic carbocycles. The van der Waals surface area contributed by atoms with Gasteiger partial charge < -0.3 is 10.6 Å². The second-order valence-corrected chi connectivity index (χ2v) is 5.45. The van der Waals surface area contributed by atoms with Crippen molar-refractivity contribution in [1.82, 2.24) is 10.3 Å². The number of hydrogen-bond donors (Lipinski definition) is 2. The zero-order valence-corrected chi connectivity index (χ0v) is 13.1. The largest absolute Gasteiger partial charge is 0.362 e. The Bertz CT molecular complexity index is 542. The minimum atomic E-state index is 0.570. The smallest absolute Gasteiger partial charge is 0.170 e. The van der Waals surface area contributed by atoms with Gasteiger partial charge >= 0.3 is 0 Å². The fraction of sp³-hybridized carbons (Fsp3) is 0.294. The van der Waals surface area contributed by atoms with Gasteiger partial charge in [-0.05, 0) is 42.3 Å². The summed E-state index contributed by atoms with van der Waals surface area (Å²) in [6, 6.07) is 14.4. The van der Waals surface area contributed by atoms with Crippen LogP contribution in [0.2, 0.25) is 0 Å². The van der Waals surface area contributed by atoms with E-state index in [9.17, 15) is 0 Å². The van der Waals surface area contributed by atoms with Crippen LogP contribution in [0.15, 0.2) is 54.9 Å². The Morgan fingerprint density at radius 2 is 2.00 bits per heavy atom. The highest BCUT2D eigenvalue weighted by Crippen LogP contribution is 2.11. The highest BCUT2D eigenvalue weighted by atomic mass is 32.1. The van der Waals surface area contributed by atoms with Crippen LogP contribution >= 0.6 is 12.2 Å². The van der Waals surface area contributed by atoms with Crippen LogP contribution in [0.25, 0.3) is 0 Å². The molecule has 4 heteroatoms. The number of nitrogens with zero attached hydrogens (tertiary/aromatic N) is 1. The maximum Gasteiger partial charge on any atom is 0.170 e. The number of rotatable bonds is 6. The number of thiocarbonyl (C=S) groups is 1. The van der Waals surface area contributed by atoms with Gasteiger partial charge in [-0.15, -0.1) is 0 Å². The van der Waals surface area contributed by atoms with Gasteiger partial charge in [0.15, 0.2) is 5.11 Å². The summed E-state index contributed by atoms with van der Waals surface area (Å²) in [5, 5.41) is 7.09. The molecule has 0 spiro atoms. The van der Waals surface area contributed by atoms with Gasteiger partial charge in [0, 0.05) is 12.7 Å². The molecule has 0 radical (unpaired) electrons. The predicted molar refractivity (Wildman–Crippen MR) is 92.4 cm³/mol. The molecule has 0 aliphatic rings. The first-order valence-corrected chi connectivity index (χ1v) is 7.67. The number of nitrogens with one attached hydrogen (secondary N) is 2. The predicted octanol–water partition coefficient (Wildman–Crippen LogP) is 3.64. The van der Waals surface area contributed by atoms with Crippen LogP contribution in [0.1, 0.15) is 18.9 Å². The van der Waals surface area contributed by atoms with E-state index in [4.69, 9.17) is 12.2 Å². The number of anilines is 1. The molecule has 0 amide bonds. The van der Waals surface area contributed by atoms with Crippen LogP contribution in [-0.4, -0.2) is 16.6 Å². The zero-order valence-electron chi connectivity index (χ0n) is 12.3. The lowest BCUT2D eigenvalue weighted by Gasteiger charge is -2.17. The van der Waals surface area contributed by atoms with E-state index in [1.165, 1.54) is 5.56 Å². The fourth-order valence-corrected chi connectivity index (χ4v) is 2.36. The van der Waals surface area contributed by atoms with Crippen molar-refractivity contribution >= 4 is 23.0 Å². The van der Waals surface area contributed by atoms with Gasteiger partial charge in [0.1, 0.15) is 0 Å². The topological polar surface area (TPSA) is 37.0 Å². The molecule has 1 heterocycles. The third-order valence-corrected chi connectivity index (χ3v) is 3.66. The van der Waals surface area contributed by atoms with Crippen molar-refractivity contribution in [1.29, 1.82) is 0 Å². The fourth-order valence-electron chi connectivity index (χ4n) is 2.16. The molecule has 21 heavy (non-hydrogen) atoms. The summed E-state index contributed by atoms with van der Waals surface area (Å²) in [4.78, 5) is 4.06. The maximum absolute atomic E-state index is 5.32. The minimum Gasteiger partial charge on any atom is -0.362 e. The SMILES string of the molecule is CCC(CNC(=S)Nc1cccnc1)Cc1ccccc1. The summed E-state index contributed by atoms with van der Waals surface area (Å²) in [7, 11) is 0. The highest BCUT2D eigenvalue weighted by Gasteiger charge is 2.08. The maximum atomic E-state index is 5.32. The van der Waals surface area contributed by atoms with Crippen LogP contribution < -0.4 is 10.6 Å². The summed E-state index contributed by atoms with van der Waals surface area (Å²) in [6.07, 6.45) is 5.70. The normalized spacial score (nSPS) is 11.7. The highest BCUT2D eigenvalue weighted by molar-refractivity contribution is 7.80. The quantitative estimate of drug-likeness (QED) is 0.799. The van der Waals surface area contributed by atoms with E-state index in [1.807, 2.05) is 12.1 Å². The van der Waals surface area contributed by atoms with E-state index < -0.39 is 0 Å². The Morgan fingerprint density at radius 1 is 1.19 bits per heavy atom. The summed E-state index contributed by atoms with van der Waals surface area (Å²) < 4.78 is 0. The average molecular weight is 299 g/mol. The molecule has 0 aliphatic heterocycles. The summed E-state index contributed by atoms with van der Waals surface area (Å²) in [5.41, 5.74) is 2.28. The summed E-state index contributed by atoms with van der Waals surface area (Å²) >= 11 is 5.32. The van der Waals surface area contributed by atoms with Crippen molar-refractivity contribution in [2.24, 2.45) is 5.92 Å². The number of aromatic nitrogens is 1. The molecule has 1 atom stereocenters. The molecule has 3 nitrogen and oxygen atoms in total. The van der Waals surface area contributed by atoms with Gasteiger partial charge in [-0.3, -0.25) is 4.98 Å². The van der Waals surface area contributed by atoms with Crippen LogP contribution in [0.5, 0.6) is 0 Å². The number of pyridine rings is 1. The van der Waals surface area contributed by atoms with Gasteiger partial charge in [-0.25, -0.2) is 0 Å². The monoisotopic (exact) mass is 299 g/mol. The Labute approximate surface area is 131 Å². The van der Waals surface area contributed by atoms with Crippen molar-refractivity contribution in [2.45, 2.75) is 19.8 Å². The van der Waals surface area contributed by atoms with Crippen LogP contribution in [0, 0.1) is 5.92 Å². The van der Waals surface area contributed by atoms with E-state index in [-0.39, 0.29) is 0 Å². The lowest BCUT2D eigenvalue weighted by molar-refractivity contribution is 0.498. The first kappa shape index (κ1) is 15.4. The second kappa shape index (κ2) is 8.37. The van der Waals surface area contributed by atoms with Gasteiger partial charge in [-0.2, -0.15) is 0 Å². The Hall–Kier alpha value is -1.94. The second-order valence-electron chi connectivity index (χ2n) is 5.04. The molecule has 0 fully saturated rings. The molecule has 2 aromatic rings. The number of benzene rings is 1. The van der Waals surface area contributed by atoms with Crippen molar-refractivity contribution in [3.63, 3.8) is 0 Å². The molecule has 2 rings (SSSR count). The Balaban J connectivity index is 1.79. The number of hydrogen-bond acceptors (Lipinski definition) is 2. The van der Waals surface area contributed by atoms with E-state index in [2.05, 4.69) is 52.9 Å². The third kappa shape index (κ3) is 5.52. The third-order valence-electron chi connectivity index (χ3n) is 3.42. The molecular formula is C17H21N3S. The molecule has 0 aliphatic carbocycles. The molecule has 1 aromatic heterocycles. The Kier molecular flexibility index (Phi) is 6.16. The standard InChI is InChI=1S/C17H21N3S/c1-2-14(11-15-7-4-3-5-8-15)12-19-17(21)20-16-9-6-10-18-13-16/h3-10,13-14H,2,11-12H2,1H3,(H2,19,20,21). The first-order valence-electron chi connectivity index (χ1n) is 7.26. The van der Waals surface area contributed by atoms with Gasteiger partial charge in [0.25, 0.3) is 0 Å². The lowest BCUT2D eigenvalue weighted by atomic mass is 9.97. The van der Waals surface area contributed by atoms with Gasteiger partial charge in [0.05, 0.1) is 11.9 Å². The molecule has 0 saturated carbocycles. The lowest BCUT2D eigenvalue weighted by Crippen LogP contribution is -2.33. The van der Waals surface area contributed by atoms with Crippen molar-refractivity contribution in [2.75, 3.05) is 11.9 Å². The van der Waals surface area contributed by atoms with E-state index in [0.29, 0.717) is 11.0 Å². The van der Waals surface area contributed by atoms with Crippen LogP contribution in [0.4, 0.5) is 5.69 Å². The van der Waals surface area contributed by atoms with E-state index in [1.54, 1.807) is 12.4 Å². The first-order chi connectivity index (χ1) is 10.3. The van der Waals surface area contributed by atoms with Crippen LogP contribution in [-0.2, 0) is 6.42 Å². The molecule has 0 bridgehead atoms. The summed E-state index contributed by atoms with van der Waals surface area (Å²) in [6.45, 7) is 3.09. The van der Waals surface area contributed by atoms with Gasteiger partial charge in [-0.1, -0.05) is 43.7 Å². The van der Waals surface area contributed by atoms with Crippen molar-refractivity contribution in [3.05, 3.63) is 60.4 Å². The molecule has 2 N–H and O–H groups in total. The van der Waals surface area contributed by atoms with Crippen molar-refractivity contribution in [3.8, 4) is 0 Å². The van der Waals surface area contributed by atoms with E-state index >= 15 is 0 Å². The van der Waals surface area contributed by atoms with Crippen LogP contribution in [0.3, 0.4) is 0 Å². The summed E-state index contributed by atoms with van der Waals surface area (Å²) in [5.74, 6) is 0.570. The van der Waals surface area contributed by atoms with Crippen molar-refractivity contribution < 1.29 is 0 Å². The average Bonchev–Trinajstić information content (AvgIpc) is 2.53. The van der Waals surface area contributed by atoms with Gasteiger partial charge in [0.2, 0.25) is 0 Å². The molecular weight excluding hydrogens is 278 g/mol. The molecule has 0 saturated heterocycles. The zero-order chi connectivity index (χ0) is 14.9. The Morgan fingerprint density at radius 3 is 2.67 bits per heavy atom. The molecule has 110 valence electrons. The van der Waals surface area contributed by atoms with E-state index in [0.717, 1.165) is 25.1 Å². The molecule has 1 unspecified atom stereocenters.